The van der Waals surface area contributed by atoms with Gasteiger partial charge in [-0.15, -0.1) is 0 Å². The second-order valence-corrected chi connectivity index (χ2v) is 13.3. The van der Waals surface area contributed by atoms with Crippen LogP contribution >= 0.6 is 11.6 Å². The number of carbonyl (C=O) groups is 2. The fraction of sp³-hybridized carbons (Fsp3) is 0.262. The first-order valence-electron chi connectivity index (χ1n) is 17.4. The minimum Gasteiger partial charge on any atom is -0.489 e. The second kappa shape index (κ2) is 16.5. The number of nitrogens with zero attached hydrogens (tertiary/aromatic N) is 1. The first kappa shape index (κ1) is 37.4. The lowest BCUT2D eigenvalue weighted by Gasteiger charge is -2.24. The molecule has 2 N–H and O–H groups in total. The third-order valence-electron chi connectivity index (χ3n) is 9.48. The number of carboxylic acids is 1. The molecule has 0 radical (unpaired) electrons. The van der Waals surface area contributed by atoms with Crippen LogP contribution in [0.3, 0.4) is 0 Å². The number of fused-ring (bicyclic) bond motifs is 1. The Labute approximate surface area is 310 Å². The van der Waals surface area contributed by atoms with Gasteiger partial charge in [-0.1, -0.05) is 66.2 Å². The van der Waals surface area contributed by atoms with E-state index in [4.69, 9.17) is 21.1 Å². The molecule has 53 heavy (non-hydrogen) atoms. The van der Waals surface area contributed by atoms with Gasteiger partial charge in [-0.2, -0.15) is 13.2 Å². The Hall–Kier alpha value is -5.35. The largest absolute Gasteiger partial charge is 0.489 e. The quantitative estimate of drug-likeness (QED) is 0.116. The minimum atomic E-state index is -4.41. The highest BCUT2D eigenvalue weighted by atomic mass is 35.5. The SMILES string of the molecule is COC(=O)c1ccc(CCNc2c(C(=O)O)nc3c(c2CCc2ccccc2OCc2ccc(-c4ccc(C(F)(F)F)cc4)cc2Cl)CCCC3)cc1. The van der Waals surface area contributed by atoms with Crippen molar-refractivity contribution >= 4 is 29.2 Å². The average Bonchev–Trinajstić information content (AvgIpc) is 3.16. The standard InChI is InChI=1S/C42H38ClF3N2O5/c1-52-41(51)29-12-10-26(11-13-29)22-23-47-38-34(33-7-3-4-8-36(33)48-39(38)40(49)50)21-18-28-6-2-5-9-37(28)53-25-31-15-14-30(24-35(31)43)27-16-19-32(20-17-27)42(44,45)46/h2,5-6,9-17,19-20,24,47H,3-4,7-8,18,21-23,25H2,1H3,(H,49,50). The molecule has 7 nitrogen and oxygen atoms in total. The molecule has 0 bridgehead atoms. The summed E-state index contributed by atoms with van der Waals surface area (Å²) in [6, 6.07) is 25.1. The van der Waals surface area contributed by atoms with E-state index in [0.29, 0.717) is 59.0 Å². The Balaban J connectivity index is 1.18. The number of nitrogens with one attached hydrogen (secondary N) is 1. The first-order chi connectivity index (χ1) is 25.5. The summed E-state index contributed by atoms with van der Waals surface area (Å²) in [4.78, 5) is 29.0. The zero-order valence-electron chi connectivity index (χ0n) is 29.1. The van der Waals surface area contributed by atoms with E-state index in [0.717, 1.165) is 71.3 Å². The van der Waals surface area contributed by atoms with E-state index in [9.17, 15) is 27.9 Å². The summed E-state index contributed by atoms with van der Waals surface area (Å²) in [6.07, 6.45) is 0.834. The van der Waals surface area contributed by atoms with Gasteiger partial charge in [-0.3, -0.25) is 0 Å². The molecule has 1 aliphatic rings. The van der Waals surface area contributed by atoms with Crippen LogP contribution < -0.4 is 10.1 Å². The number of methoxy groups -OCH3 is 1. The number of esters is 1. The van der Waals surface area contributed by atoms with Crippen LogP contribution in [0.1, 0.15) is 72.8 Å². The van der Waals surface area contributed by atoms with Crippen molar-refractivity contribution in [2.24, 2.45) is 0 Å². The van der Waals surface area contributed by atoms with Crippen LogP contribution in [-0.4, -0.2) is 35.7 Å². The van der Waals surface area contributed by atoms with Gasteiger partial charge in [0, 0.05) is 22.8 Å². The number of carbonyl (C=O) groups excluding carboxylic acids is 1. The molecule has 274 valence electrons. The van der Waals surface area contributed by atoms with Gasteiger partial charge in [0.15, 0.2) is 5.69 Å². The van der Waals surface area contributed by atoms with Crippen molar-refractivity contribution in [2.75, 3.05) is 19.0 Å². The van der Waals surface area contributed by atoms with Crippen molar-refractivity contribution in [3.63, 3.8) is 0 Å². The smallest absolute Gasteiger partial charge is 0.416 e. The van der Waals surface area contributed by atoms with Crippen molar-refractivity contribution in [3.05, 3.63) is 146 Å². The molecule has 0 aliphatic heterocycles. The third-order valence-corrected chi connectivity index (χ3v) is 9.83. The van der Waals surface area contributed by atoms with Crippen molar-refractivity contribution in [1.29, 1.82) is 0 Å². The number of hydrogen-bond acceptors (Lipinski definition) is 6. The van der Waals surface area contributed by atoms with E-state index in [-0.39, 0.29) is 12.3 Å². The monoisotopic (exact) mass is 742 g/mol. The van der Waals surface area contributed by atoms with Gasteiger partial charge in [0.05, 0.1) is 23.9 Å². The molecule has 1 heterocycles. The summed E-state index contributed by atoms with van der Waals surface area (Å²) < 4.78 is 50.1. The summed E-state index contributed by atoms with van der Waals surface area (Å²) in [5.41, 5.74) is 7.13. The summed E-state index contributed by atoms with van der Waals surface area (Å²) in [5.74, 6) is -0.828. The third kappa shape index (κ3) is 9.00. The highest BCUT2D eigenvalue weighted by Gasteiger charge is 2.30. The minimum absolute atomic E-state index is 0.0145. The topological polar surface area (TPSA) is 97.8 Å². The number of aromatic carboxylic acids is 1. The fourth-order valence-electron chi connectivity index (χ4n) is 6.66. The number of hydrogen-bond donors (Lipinski definition) is 2. The Bertz CT molecular complexity index is 2100. The van der Waals surface area contributed by atoms with Crippen LogP contribution in [0.4, 0.5) is 18.9 Å². The predicted octanol–water partition coefficient (Wildman–Crippen LogP) is 9.80. The Morgan fingerprint density at radius 3 is 2.28 bits per heavy atom. The molecule has 0 amide bonds. The number of aromatic nitrogens is 1. The molecule has 6 rings (SSSR count). The number of alkyl halides is 3. The van der Waals surface area contributed by atoms with Crippen LogP contribution in [0.5, 0.6) is 5.75 Å². The zero-order valence-corrected chi connectivity index (χ0v) is 29.8. The van der Waals surface area contributed by atoms with Crippen LogP contribution in [0.25, 0.3) is 11.1 Å². The second-order valence-electron chi connectivity index (χ2n) is 12.9. The normalized spacial score (nSPS) is 12.5. The van der Waals surface area contributed by atoms with E-state index >= 15 is 0 Å². The van der Waals surface area contributed by atoms with E-state index in [1.54, 1.807) is 30.3 Å². The number of anilines is 1. The lowest BCUT2D eigenvalue weighted by atomic mass is 9.87. The summed E-state index contributed by atoms with van der Waals surface area (Å²) in [5, 5.41) is 14.1. The van der Waals surface area contributed by atoms with E-state index in [1.165, 1.54) is 19.2 Å². The van der Waals surface area contributed by atoms with Gasteiger partial charge in [0.2, 0.25) is 0 Å². The molecular weight excluding hydrogens is 705 g/mol. The van der Waals surface area contributed by atoms with E-state index in [1.807, 2.05) is 36.4 Å². The number of ether oxygens (including phenoxy) is 2. The molecule has 0 fully saturated rings. The summed E-state index contributed by atoms with van der Waals surface area (Å²) in [6.45, 7) is 0.633. The Morgan fingerprint density at radius 2 is 1.58 bits per heavy atom. The predicted molar refractivity (Wildman–Crippen MR) is 198 cm³/mol. The Kier molecular flexibility index (Phi) is 11.7. The molecule has 0 atom stereocenters. The molecule has 4 aromatic carbocycles. The molecule has 1 aromatic heterocycles. The van der Waals surface area contributed by atoms with E-state index in [2.05, 4.69) is 10.3 Å². The zero-order chi connectivity index (χ0) is 37.5. The molecule has 0 saturated carbocycles. The van der Waals surface area contributed by atoms with Crippen LogP contribution in [-0.2, 0) is 49.6 Å². The lowest BCUT2D eigenvalue weighted by Crippen LogP contribution is -2.20. The maximum absolute atomic E-state index is 13.0. The number of rotatable bonds is 13. The maximum atomic E-state index is 13.0. The maximum Gasteiger partial charge on any atom is 0.416 e. The number of para-hydroxylation sites is 1. The van der Waals surface area contributed by atoms with Gasteiger partial charge >= 0.3 is 18.1 Å². The van der Waals surface area contributed by atoms with E-state index < -0.39 is 23.7 Å². The molecule has 5 aromatic rings. The number of pyridine rings is 1. The molecule has 0 spiro atoms. The number of carboxylic acid groups (broad SMARTS) is 1. The van der Waals surface area contributed by atoms with Crippen molar-refractivity contribution < 1.29 is 37.3 Å². The fourth-order valence-corrected chi connectivity index (χ4v) is 6.90. The molecule has 1 aliphatic carbocycles. The molecular formula is C42H38ClF3N2O5. The average molecular weight is 743 g/mol. The number of benzene rings is 4. The van der Waals surface area contributed by atoms with Crippen molar-refractivity contribution in [1.82, 2.24) is 4.98 Å². The van der Waals surface area contributed by atoms with Gasteiger partial charge in [0.1, 0.15) is 12.4 Å². The van der Waals surface area contributed by atoms with Crippen LogP contribution in [0.15, 0.2) is 91.0 Å². The molecule has 11 heteroatoms. The van der Waals surface area contributed by atoms with Crippen LogP contribution in [0, 0.1) is 0 Å². The van der Waals surface area contributed by atoms with Crippen LogP contribution in [0.2, 0.25) is 5.02 Å². The lowest BCUT2D eigenvalue weighted by molar-refractivity contribution is -0.137. The summed E-state index contributed by atoms with van der Waals surface area (Å²) >= 11 is 6.62. The molecule has 0 saturated heterocycles. The van der Waals surface area contributed by atoms with Gasteiger partial charge in [-0.05, 0) is 115 Å². The highest BCUT2D eigenvalue weighted by molar-refractivity contribution is 6.31. The van der Waals surface area contributed by atoms with Gasteiger partial charge in [-0.25, -0.2) is 14.6 Å². The first-order valence-corrected chi connectivity index (χ1v) is 17.8. The number of aryl methyl sites for hydroxylation is 2. The summed E-state index contributed by atoms with van der Waals surface area (Å²) in [7, 11) is 1.34. The van der Waals surface area contributed by atoms with Gasteiger partial charge in [0.25, 0.3) is 0 Å². The molecule has 0 unspecified atom stereocenters. The van der Waals surface area contributed by atoms with Gasteiger partial charge < -0.3 is 19.9 Å². The number of halogens is 4. The highest BCUT2D eigenvalue weighted by Crippen LogP contribution is 2.35. The van der Waals surface area contributed by atoms with Crippen molar-refractivity contribution in [2.45, 2.75) is 57.7 Å². The van der Waals surface area contributed by atoms with Crippen molar-refractivity contribution in [3.8, 4) is 16.9 Å². The Morgan fingerprint density at radius 1 is 0.868 bits per heavy atom.